The fourth-order valence-electron chi connectivity index (χ4n) is 3.18. The highest BCUT2D eigenvalue weighted by Crippen LogP contribution is 2.12. The number of carbonyl (C=O) groups is 4. The van der Waals surface area contributed by atoms with Gasteiger partial charge >= 0.3 is 5.97 Å². The van der Waals surface area contributed by atoms with E-state index in [2.05, 4.69) is 16.0 Å². The van der Waals surface area contributed by atoms with Crippen LogP contribution in [0.3, 0.4) is 0 Å². The molecule has 1 aromatic carbocycles. The predicted molar refractivity (Wildman–Crippen MR) is 126 cm³/mol. The lowest BCUT2D eigenvalue weighted by Crippen LogP contribution is -2.60. The smallest absolute Gasteiger partial charge is 0.326 e. The summed E-state index contributed by atoms with van der Waals surface area (Å²) in [5.41, 5.74) is 6.21. The number of phenols is 1. The summed E-state index contributed by atoms with van der Waals surface area (Å²) in [6.07, 6.45) is -2.52. The number of aliphatic hydroxyl groups is 2. The third-order valence-corrected chi connectivity index (χ3v) is 5.22. The topological polar surface area (TPSA) is 211 Å². The first kappa shape index (κ1) is 29.8. The van der Waals surface area contributed by atoms with Crippen molar-refractivity contribution in [2.45, 2.75) is 76.9 Å². The molecule has 0 bridgehead atoms. The van der Waals surface area contributed by atoms with Crippen LogP contribution in [0.2, 0.25) is 0 Å². The van der Waals surface area contributed by atoms with E-state index in [1.807, 2.05) is 0 Å². The number of hydrogen-bond donors (Lipinski definition) is 8. The molecule has 0 fully saturated rings. The molecule has 0 aliphatic carbocycles. The van der Waals surface area contributed by atoms with Gasteiger partial charge in [-0.3, -0.25) is 14.4 Å². The largest absolute Gasteiger partial charge is 0.508 e. The molecule has 0 aromatic heterocycles. The van der Waals surface area contributed by atoms with Gasteiger partial charge in [-0.25, -0.2) is 4.79 Å². The standard InChI is InChI=1S/C23H36N4O8/c1-11(2)9-17(23(34)35)26-22(33)19(13(4)29)27-20(31)16(25-21(32)18(24)12(3)28)10-14-5-7-15(30)8-6-14/h5-8,11-13,16-19,28-30H,9-10,24H2,1-4H3,(H,25,32)(H,26,33)(H,27,31)(H,34,35). The Bertz CT molecular complexity index is 873. The van der Waals surface area contributed by atoms with Crippen LogP contribution >= 0.6 is 0 Å². The van der Waals surface area contributed by atoms with Crippen molar-refractivity contribution in [3.05, 3.63) is 29.8 Å². The van der Waals surface area contributed by atoms with Crippen molar-refractivity contribution < 1.29 is 39.6 Å². The van der Waals surface area contributed by atoms with E-state index in [1.54, 1.807) is 13.8 Å². The summed E-state index contributed by atoms with van der Waals surface area (Å²) in [7, 11) is 0. The van der Waals surface area contributed by atoms with E-state index in [1.165, 1.54) is 38.1 Å². The molecule has 1 rings (SSSR count). The monoisotopic (exact) mass is 496 g/mol. The van der Waals surface area contributed by atoms with E-state index < -0.39 is 60.1 Å². The molecule has 35 heavy (non-hydrogen) atoms. The molecule has 3 amide bonds. The minimum absolute atomic E-state index is 0.00450. The zero-order valence-electron chi connectivity index (χ0n) is 20.3. The second-order valence-electron chi connectivity index (χ2n) is 8.95. The van der Waals surface area contributed by atoms with Crippen LogP contribution in [0.15, 0.2) is 24.3 Å². The van der Waals surface area contributed by atoms with E-state index in [0.29, 0.717) is 5.56 Å². The van der Waals surface area contributed by atoms with Crippen LogP contribution in [0.4, 0.5) is 0 Å². The lowest BCUT2D eigenvalue weighted by atomic mass is 10.0. The molecule has 6 atom stereocenters. The first-order valence-electron chi connectivity index (χ1n) is 11.3. The van der Waals surface area contributed by atoms with Crippen LogP contribution in [-0.2, 0) is 25.6 Å². The van der Waals surface area contributed by atoms with Gasteiger partial charge in [-0.1, -0.05) is 26.0 Å². The molecule has 0 spiro atoms. The summed E-state index contributed by atoms with van der Waals surface area (Å²) in [6.45, 7) is 6.12. The SMILES string of the molecule is CC(C)CC(NC(=O)C(NC(=O)C(Cc1ccc(O)cc1)NC(=O)C(N)C(C)O)C(C)O)C(=O)O. The van der Waals surface area contributed by atoms with Crippen molar-refractivity contribution in [2.75, 3.05) is 0 Å². The highest BCUT2D eigenvalue weighted by atomic mass is 16.4. The lowest BCUT2D eigenvalue weighted by Gasteiger charge is -2.27. The maximum absolute atomic E-state index is 13.1. The third kappa shape index (κ3) is 9.89. The second kappa shape index (κ2) is 13.6. The summed E-state index contributed by atoms with van der Waals surface area (Å²) in [5, 5.41) is 45.7. The minimum Gasteiger partial charge on any atom is -0.508 e. The molecule has 1 aromatic rings. The highest BCUT2D eigenvalue weighted by molar-refractivity contribution is 5.94. The van der Waals surface area contributed by atoms with Gasteiger partial charge in [-0.15, -0.1) is 0 Å². The Morgan fingerprint density at radius 3 is 1.83 bits per heavy atom. The lowest BCUT2D eigenvalue weighted by molar-refractivity contribution is -0.143. The van der Waals surface area contributed by atoms with Gasteiger partial charge in [-0.05, 0) is 43.9 Å². The molecular weight excluding hydrogens is 460 g/mol. The number of carboxylic acids is 1. The van der Waals surface area contributed by atoms with E-state index >= 15 is 0 Å². The van der Waals surface area contributed by atoms with Gasteiger partial charge < -0.3 is 42.1 Å². The molecule has 9 N–H and O–H groups in total. The van der Waals surface area contributed by atoms with Gasteiger partial charge in [0.15, 0.2) is 0 Å². The maximum Gasteiger partial charge on any atom is 0.326 e. The van der Waals surface area contributed by atoms with Gasteiger partial charge in [0.2, 0.25) is 17.7 Å². The van der Waals surface area contributed by atoms with Crippen molar-refractivity contribution in [1.82, 2.24) is 16.0 Å². The van der Waals surface area contributed by atoms with Crippen LogP contribution in [0.25, 0.3) is 0 Å². The van der Waals surface area contributed by atoms with Crippen LogP contribution in [-0.4, -0.2) is 80.5 Å². The fraction of sp³-hybridized carbons (Fsp3) is 0.565. The number of phenolic OH excluding ortho intramolecular Hbond substituents is 1. The van der Waals surface area contributed by atoms with E-state index in [9.17, 15) is 39.6 Å². The zero-order chi connectivity index (χ0) is 26.9. The number of aliphatic hydroxyl groups excluding tert-OH is 2. The summed E-state index contributed by atoms with van der Waals surface area (Å²) >= 11 is 0. The summed E-state index contributed by atoms with van der Waals surface area (Å²) < 4.78 is 0. The molecular formula is C23H36N4O8. The second-order valence-corrected chi connectivity index (χ2v) is 8.95. The molecule has 0 heterocycles. The number of hydrogen-bond acceptors (Lipinski definition) is 8. The Hall–Kier alpha value is -3.22. The van der Waals surface area contributed by atoms with Gasteiger partial charge in [-0.2, -0.15) is 0 Å². The number of aliphatic carboxylic acids is 1. The van der Waals surface area contributed by atoms with Gasteiger partial charge in [0.05, 0.1) is 12.2 Å². The summed E-state index contributed by atoms with van der Waals surface area (Å²) in [5.74, 6) is -3.88. The van der Waals surface area contributed by atoms with Crippen molar-refractivity contribution in [3.8, 4) is 5.75 Å². The maximum atomic E-state index is 13.1. The quantitative estimate of drug-likeness (QED) is 0.161. The Balaban J connectivity index is 3.10. The number of carbonyl (C=O) groups excluding carboxylic acids is 3. The first-order valence-corrected chi connectivity index (χ1v) is 11.3. The van der Waals surface area contributed by atoms with Gasteiger partial charge in [0.25, 0.3) is 0 Å². The number of rotatable bonds is 13. The number of carboxylic acid groups (broad SMARTS) is 1. The number of amides is 3. The molecule has 0 radical (unpaired) electrons. The molecule has 0 aliphatic rings. The van der Waals surface area contributed by atoms with Crippen LogP contribution in [0.1, 0.15) is 39.7 Å². The van der Waals surface area contributed by atoms with Crippen molar-refractivity contribution in [1.29, 1.82) is 0 Å². The fourth-order valence-corrected chi connectivity index (χ4v) is 3.18. The van der Waals surface area contributed by atoms with Gasteiger partial charge in [0.1, 0.15) is 29.9 Å². The Morgan fingerprint density at radius 1 is 0.829 bits per heavy atom. The Morgan fingerprint density at radius 2 is 1.37 bits per heavy atom. The van der Waals surface area contributed by atoms with Crippen LogP contribution in [0.5, 0.6) is 5.75 Å². The van der Waals surface area contributed by atoms with E-state index in [0.717, 1.165) is 0 Å². The number of nitrogens with one attached hydrogen (secondary N) is 3. The molecule has 196 valence electrons. The van der Waals surface area contributed by atoms with Crippen LogP contribution < -0.4 is 21.7 Å². The molecule has 12 heteroatoms. The van der Waals surface area contributed by atoms with Crippen molar-refractivity contribution >= 4 is 23.7 Å². The number of benzene rings is 1. The minimum atomic E-state index is -1.51. The van der Waals surface area contributed by atoms with E-state index in [-0.39, 0.29) is 24.5 Å². The molecule has 6 unspecified atom stereocenters. The van der Waals surface area contributed by atoms with E-state index in [4.69, 9.17) is 5.73 Å². The molecule has 0 saturated carbocycles. The number of aromatic hydroxyl groups is 1. The van der Waals surface area contributed by atoms with Gasteiger partial charge in [0, 0.05) is 6.42 Å². The molecule has 0 aliphatic heterocycles. The Labute approximate surface area is 203 Å². The Kier molecular flexibility index (Phi) is 11.6. The van der Waals surface area contributed by atoms with Crippen LogP contribution in [0, 0.1) is 5.92 Å². The zero-order valence-corrected chi connectivity index (χ0v) is 20.3. The summed E-state index contributed by atoms with van der Waals surface area (Å²) in [6, 6.07) is 0.501. The average molecular weight is 497 g/mol. The normalized spacial score (nSPS) is 16.3. The van der Waals surface area contributed by atoms with Crippen molar-refractivity contribution in [2.24, 2.45) is 11.7 Å². The first-order chi connectivity index (χ1) is 16.2. The molecule has 0 saturated heterocycles. The number of nitrogens with two attached hydrogens (primary N) is 1. The molecule has 12 nitrogen and oxygen atoms in total. The van der Waals surface area contributed by atoms with Crippen molar-refractivity contribution in [3.63, 3.8) is 0 Å². The highest BCUT2D eigenvalue weighted by Gasteiger charge is 2.33. The third-order valence-electron chi connectivity index (χ3n) is 5.22. The average Bonchev–Trinajstić information content (AvgIpc) is 2.76. The predicted octanol–water partition coefficient (Wildman–Crippen LogP) is -1.39. The summed E-state index contributed by atoms with van der Waals surface area (Å²) in [4.78, 5) is 49.7.